The summed E-state index contributed by atoms with van der Waals surface area (Å²) in [6.45, 7) is 8.96. The summed E-state index contributed by atoms with van der Waals surface area (Å²) in [4.78, 5) is 11.6. The Hall–Kier alpha value is -0.870. The van der Waals surface area contributed by atoms with Crippen LogP contribution in [-0.2, 0) is 19.0 Å². The molecule has 4 heteroatoms. The minimum Gasteiger partial charge on any atom is -0.462 e. The molecule has 0 aromatic heterocycles. The van der Waals surface area contributed by atoms with Crippen molar-refractivity contribution in [3.8, 4) is 0 Å². The van der Waals surface area contributed by atoms with Gasteiger partial charge in [-0.15, -0.1) is 0 Å². The number of carbonyl (C=O) groups is 1. The first-order chi connectivity index (χ1) is 9.83. The van der Waals surface area contributed by atoms with Crippen LogP contribution in [0.5, 0.6) is 0 Å². The Bertz CT molecular complexity index is 535. The molecule has 2 heterocycles. The van der Waals surface area contributed by atoms with E-state index < -0.39 is 0 Å². The predicted octanol–water partition coefficient (Wildman–Crippen LogP) is 2.61. The molecule has 0 aromatic rings. The zero-order chi connectivity index (χ0) is 15.0. The van der Waals surface area contributed by atoms with Gasteiger partial charge in [-0.25, -0.2) is 0 Å². The van der Waals surface area contributed by atoms with E-state index in [1.54, 1.807) is 0 Å². The van der Waals surface area contributed by atoms with E-state index >= 15 is 0 Å². The van der Waals surface area contributed by atoms with Crippen molar-refractivity contribution in [1.82, 2.24) is 0 Å². The summed E-state index contributed by atoms with van der Waals surface area (Å²) in [5, 5.41) is 0. The summed E-state index contributed by atoms with van der Waals surface area (Å²) in [7, 11) is 0. The molecule has 2 saturated heterocycles. The molecule has 0 N–H and O–H groups in total. The maximum absolute atomic E-state index is 11.6. The molecule has 0 aromatic carbocycles. The Balaban J connectivity index is 1.82. The third-order valence-corrected chi connectivity index (χ3v) is 6.83. The van der Waals surface area contributed by atoms with Gasteiger partial charge in [-0.05, 0) is 19.8 Å². The number of epoxide rings is 1. The highest BCUT2D eigenvalue weighted by Gasteiger charge is 2.81. The molecule has 21 heavy (non-hydrogen) atoms. The zero-order valence-electron chi connectivity index (χ0n) is 13.3. The molecule has 116 valence electrons. The SMILES string of the molecule is CC(=O)O[C@@H]1C[C@@H]2O[C@H]3C=C(C)CC[C@@]3(C)[C@@]1(C)[C@@]21CO1. The second-order valence-electron chi connectivity index (χ2n) is 7.69. The minimum absolute atomic E-state index is 0.0455. The minimum atomic E-state index is -0.239. The smallest absolute Gasteiger partial charge is 0.302 e. The summed E-state index contributed by atoms with van der Waals surface area (Å²) < 4.78 is 18.1. The van der Waals surface area contributed by atoms with E-state index in [0.717, 1.165) is 25.9 Å². The molecular weight excluding hydrogens is 268 g/mol. The molecule has 2 bridgehead atoms. The fourth-order valence-corrected chi connectivity index (χ4v) is 5.22. The van der Waals surface area contributed by atoms with Gasteiger partial charge in [-0.3, -0.25) is 4.79 Å². The van der Waals surface area contributed by atoms with E-state index in [4.69, 9.17) is 14.2 Å². The Morgan fingerprint density at radius 2 is 2.14 bits per heavy atom. The molecule has 0 radical (unpaired) electrons. The highest BCUT2D eigenvalue weighted by Crippen LogP contribution is 2.71. The highest BCUT2D eigenvalue weighted by atomic mass is 16.6. The first-order valence-electron chi connectivity index (χ1n) is 7.97. The second-order valence-corrected chi connectivity index (χ2v) is 7.69. The Morgan fingerprint density at radius 3 is 2.76 bits per heavy atom. The normalized spacial score (nSPS) is 54.1. The fourth-order valence-electron chi connectivity index (χ4n) is 5.22. The molecular formula is C17H24O4. The van der Waals surface area contributed by atoms with Crippen LogP contribution in [-0.4, -0.2) is 36.5 Å². The van der Waals surface area contributed by atoms with Crippen LogP contribution in [0.2, 0.25) is 0 Å². The maximum atomic E-state index is 11.6. The van der Waals surface area contributed by atoms with E-state index in [9.17, 15) is 4.79 Å². The van der Waals surface area contributed by atoms with Crippen molar-refractivity contribution in [2.24, 2.45) is 10.8 Å². The van der Waals surface area contributed by atoms with E-state index in [2.05, 4.69) is 26.8 Å². The van der Waals surface area contributed by atoms with Gasteiger partial charge in [-0.2, -0.15) is 0 Å². The average molecular weight is 292 g/mol. The largest absolute Gasteiger partial charge is 0.462 e. The number of fused-ring (bicyclic) bond motifs is 2. The summed E-state index contributed by atoms with van der Waals surface area (Å²) in [5.41, 5.74) is 0.946. The van der Waals surface area contributed by atoms with Crippen molar-refractivity contribution in [1.29, 1.82) is 0 Å². The molecule has 4 nitrogen and oxygen atoms in total. The molecule has 0 unspecified atom stereocenters. The molecule has 2 aliphatic heterocycles. The van der Waals surface area contributed by atoms with Gasteiger partial charge in [0.25, 0.3) is 0 Å². The molecule has 3 fully saturated rings. The summed E-state index contributed by atoms with van der Waals surface area (Å²) in [6, 6.07) is 0. The van der Waals surface area contributed by atoms with Gasteiger partial charge in [0, 0.05) is 24.2 Å². The summed E-state index contributed by atoms with van der Waals surface area (Å²) >= 11 is 0. The Labute approximate surface area is 125 Å². The second kappa shape index (κ2) is 3.90. The van der Waals surface area contributed by atoms with Gasteiger partial charge >= 0.3 is 5.97 Å². The van der Waals surface area contributed by atoms with E-state index in [-0.39, 0.29) is 40.7 Å². The third kappa shape index (κ3) is 1.45. The quantitative estimate of drug-likeness (QED) is 0.423. The van der Waals surface area contributed by atoms with Gasteiger partial charge in [0.15, 0.2) is 0 Å². The third-order valence-electron chi connectivity index (χ3n) is 6.83. The number of hydrogen-bond donors (Lipinski definition) is 0. The first-order valence-corrected chi connectivity index (χ1v) is 7.97. The van der Waals surface area contributed by atoms with E-state index in [1.807, 2.05) is 0 Å². The standard InChI is InChI=1S/C17H24O4/c1-10-5-6-15(3)12(7-10)21-14-8-13(20-11(2)18)16(15,4)17(14)9-19-17/h7,12-14H,5-6,8-9H2,1-4H3/t12-,13+,14-,15+,16-,17+/m0/s1. The molecule has 2 aliphatic carbocycles. The van der Waals surface area contributed by atoms with Crippen LogP contribution in [0, 0.1) is 10.8 Å². The lowest BCUT2D eigenvalue weighted by Crippen LogP contribution is -2.63. The van der Waals surface area contributed by atoms with Gasteiger partial charge < -0.3 is 14.2 Å². The number of ether oxygens (including phenoxy) is 3. The van der Waals surface area contributed by atoms with Gasteiger partial charge in [-0.1, -0.05) is 25.5 Å². The van der Waals surface area contributed by atoms with Gasteiger partial charge in [0.2, 0.25) is 0 Å². The van der Waals surface area contributed by atoms with Crippen LogP contribution in [0.1, 0.15) is 47.0 Å². The number of rotatable bonds is 1. The van der Waals surface area contributed by atoms with Crippen molar-refractivity contribution in [3.05, 3.63) is 11.6 Å². The van der Waals surface area contributed by atoms with Crippen LogP contribution >= 0.6 is 0 Å². The molecule has 4 rings (SSSR count). The molecule has 1 spiro atoms. The van der Waals surface area contributed by atoms with Gasteiger partial charge in [0.05, 0.1) is 18.8 Å². The lowest BCUT2D eigenvalue weighted by molar-refractivity contribution is -0.210. The number of esters is 1. The molecule has 1 saturated carbocycles. The van der Waals surface area contributed by atoms with Crippen molar-refractivity contribution < 1.29 is 19.0 Å². The van der Waals surface area contributed by atoms with Crippen molar-refractivity contribution in [2.75, 3.05) is 6.61 Å². The van der Waals surface area contributed by atoms with Crippen molar-refractivity contribution >= 4 is 5.97 Å². The van der Waals surface area contributed by atoms with Crippen LogP contribution < -0.4 is 0 Å². The Kier molecular flexibility index (Phi) is 2.56. The molecule has 4 aliphatic rings. The maximum Gasteiger partial charge on any atom is 0.302 e. The van der Waals surface area contributed by atoms with Crippen molar-refractivity contribution in [2.45, 2.75) is 70.9 Å². The monoisotopic (exact) mass is 292 g/mol. The lowest BCUT2D eigenvalue weighted by atomic mass is 9.52. The highest BCUT2D eigenvalue weighted by molar-refractivity contribution is 5.66. The topological polar surface area (TPSA) is 48.1 Å². The van der Waals surface area contributed by atoms with E-state index in [1.165, 1.54) is 12.5 Å². The first kappa shape index (κ1) is 13.8. The average Bonchev–Trinajstić information content (AvgIpc) is 3.16. The van der Waals surface area contributed by atoms with Crippen LogP contribution in [0.25, 0.3) is 0 Å². The zero-order valence-corrected chi connectivity index (χ0v) is 13.3. The summed E-state index contributed by atoms with van der Waals surface area (Å²) in [6.07, 6.45) is 5.23. The molecule has 0 amide bonds. The van der Waals surface area contributed by atoms with Crippen LogP contribution in [0.4, 0.5) is 0 Å². The predicted molar refractivity (Wildman–Crippen MR) is 76.7 cm³/mol. The van der Waals surface area contributed by atoms with Crippen LogP contribution in [0.3, 0.4) is 0 Å². The molecule has 6 atom stereocenters. The van der Waals surface area contributed by atoms with Gasteiger partial charge in [0.1, 0.15) is 11.7 Å². The number of carbonyl (C=O) groups excluding carboxylic acids is 1. The number of hydrogen-bond acceptors (Lipinski definition) is 4. The number of allylic oxidation sites excluding steroid dienone is 1. The van der Waals surface area contributed by atoms with Crippen molar-refractivity contribution in [3.63, 3.8) is 0 Å². The summed E-state index contributed by atoms with van der Waals surface area (Å²) in [5.74, 6) is -0.202. The Morgan fingerprint density at radius 1 is 1.43 bits per heavy atom. The van der Waals surface area contributed by atoms with E-state index in [0.29, 0.717) is 0 Å². The lowest BCUT2D eigenvalue weighted by Gasteiger charge is -2.57. The fraction of sp³-hybridized carbons (Fsp3) is 0.824. The van der Waals surface area contributed by atoms with Crippen LogP contribution in [0.15, 0.2) is 11.6 Å².